The van der Waals surface area contributed by atoms with E-state index in [4.69, 9.17) is 0 Å². The summed E-state index contributed by atoms with van der Waals surface area (Å²) in [4.78, 5) is 28.5. The molecular formula is C18H15FN4O2. The average molecular weight is 338 g/mol. The molecule has 0 radical (unpaired) electrons. The molecule has 1 aromatic carbocycles. The van der Waals surface area contributed by atoms with Gasteiger partial charge in [-0.3, -0.25) is 14.6 Å². The fourth-order valence-electron chi connectivity index (χ4n) is 2.33. The van der Waals surface area contributed by atoms with Crippen molar-refractivity contribution >= 4 is 5.91 Å². The number of para-hydroxylation sites is 1. The van der Waals surface area contributed by atoms with Crippen LogP contribution in [0.1, 0.15) is 21.9 Å². The summed E-state index contributed by atoms with van der Waals surface area (Å²) in [6.45, 7) is 1.78. The van der Waals surface area contributed by atoms with Crippen LogP contribution >= 0.6 is 0 Å². The van der Waals surface area contributed by atoms with E-state index in [2.05, 4.69) is 15.4 Å². The fourth-order valence-corrected chi connectivity index (χ4v) is 2.33. The number of rotatable bonds is 4. The smallest absolute Gasteiger partial charge is 0.276 e. The summed E-state index contributed by atoms with van der Waals surface area (Å²) >= 11 is 0. The summed E-state index contributed by atoms with van der Waals surface area (Å²) in [7, 11) is 0. The lowest BCUT2D eigenvalue weighted by Crippen LogP contribution is -2.32. The van der Waals surface area contributed by atoms with Gasteiger partial charge in [0.15, 0.2) is 5.69 Å². The maximum absolute atomic E-state index is 14.0. The molecule has 0 aliphatic heterocycles. The monoisotopic (exact) mass is 338 g/mol. The number of halogens is 1. The van der Waals surface area contributed by atoms with E-state index in [0.717, 1.165) is 0 Å². The summed E-state index contributed by atoms with van der Waals surface area (Å²) < 4.78 is 15.3. The molecule has 0 aliphatic rings. The molecule has 0 aliphatic carbocycles. The van der Waals surface area contributed by atoms with Gasteiger partial charge in [0.25, 0.3) is 5.91 Å². The van der Waals surface area contributed by atoms with Gasteiger partial charge in [-0.05, 0) is 31.2 Å². The van der Waals surface area contributed by atoms with Crippen LogP contribution in [0.4, 0.5) is 4.39 Å². The Bertz CT molecular complexity index is 970. The van der Waals surface area contributed by atoms with Crippen LogP contribution in [0.2, 0.25) is 0 Å². The number of amides is 1. The Morgan fingerprint density at radius 1 is 1.20 bits per heavy atom. The number of benzene rings is 1. The molecule has 0 atom stereocenters. The molecule has 0 unspecified atom stereocenters. The second kappa shape index (κ2) is 7.04. The van der Waals surface area contributed by atoms with E-state index in [1.807, 2.05) is 0 Å². The van der Waals surface area contributed by atoms with Crippen LogP contribution in [0.15, 0.2) is 59.5 Å². The van der Waals surface area contributed by atoms with Crippen molar-refractivity contribution in [3.63, 3.8) is 0 Å². The van der Waals surface area contributed by atoms with Crippen LogP contribution in [-0.4, -0.2) is 20.7 Å². The third-order valence-electron chi connectivity index (χ3n) is 3.56. The van der Waals surface area contributed by atoms with Crippen LogP contribution in [0, 0.1) is 12.7 Å². The minimum Gasteiger partial charge on any atom is -0.345 e. The van der Waals surface area contributed by atoms with Crippen molar-refractivity contribution in [3.05, 3.63) is 87.9 Å². The summed E-state index contributed by atoms with van der Waals surface area (Å²) in [5.41, 5.74) is 0.418. The van der Waals surface area contributed by atoms with Crippen LogP contribution in [-0.2, 0) is 6.54 Å². The van der Waals surface area contributed by atoms with Gasteiger partial charge in [0.1, 0.15) is 11.5 Å². The van der Waals surface area contributed by atoms with Crippen LogP contribution < -0.4 is 10.7 Å². The summed E-state index contributed by atoms with van der Waals surface area (Å²) in [6.07, 6.45) is 1.61. The fraction of sp³-hybridized carbons (Fsp3) is 0.111. The molecule has 25 heavy (non-hydrogen) atoms. The van der Waals surface area contributed by atoms with E-state index in [1.165, 1.54) is 22.9 Å². The van der Waals surface area contributed by atoms with Gasteiger partial charge in [0.05, 0.1) is 12.2 Å². The number of nitrogens with zero attached hydrogens (tertiary/aromatic N) is 3. The van der Waals surface area contributed by atoms with Crippen molar-refractivity contribution < 1.29 is 9.18 Å². The van der Waals surface area contributed by atoms with E-state index in [1.54, 1.807) is 43.5 Å². The first-order valence-electron chi connectivity index (χ1n) is 7.60. The van der Waals surface area contributed by atoms with Gasteiger partial charge in [0.2, 0.25) is 5.43 Å². The van der Waals surface area contributed by atoms with E-state index >= 15 is 0 Å². The number of carbonyl (C=O) groups excluding carboxylic acids is 1. The standard InChI is InChI=1S/C18H15FN4O2/c1-12-10-16(24)17(18(25)21-11-13-6-4-5-9-20-13)22-23(12)15-8-3-2-7-14(15)19/h2-10H,11H2,1H3,(H,21,25). The predicted molar refractivity (Wildman–Crippen MR) is 89.9 cm³/mol. The minimum absolute atomic E-state index is 0.161. The van der Waals surface area contributed by atoms with Gasteiger partial charge >= 0.3 is 0 Å². The summed E-state index contributed by atoms with van der Waals surface area (Å²) in [6, 6.07) is 12.6. The van der Waals surface area contributed by atoms with Crippen LogP contribution in [0.3, 0.4) is 0 Å². The number of hydrogen-bond acceptors (Lipinski definition) is 4. The Morgan fingerprint density at radius 2 is 1.96 bits per heavy atom. The molecule has 0 fully saturated rings. The highest BCUT2D eigenvalue weighted by Gasteiger charge is 2.16. The Hall–Kier alpha value is -3.35. The molecule has 0 saturated carbocycles. The number of nitrogens with one attached hydrogen (secondary N) is 1. The van der Waals surface area contributed by atoms with E-state index in [9.17, 15) is 14.0 Å². The van der Waals surface area contributed by atoms with Crippen LogP contribution in [0.25, 0.3) is 5.69 Å². The normalized spacial score (nSPS) is 10.5. The first-order valence-corrected chi connectivity index (χ1v) is 7.60. The number of aromatic nitrogens is 3. The van der Waals surface area contributed by atoms with Gasteiger partial charge in [-0.2, -0.15) is 5.10 Å². The molecule has 2 aromatic heterocycles. The highest BCUT2D eigenvalue weighted by molar-refractivity contribution is 5.91. The molecule has 0 saturated heterocycles. The van der Waals surface area contributed by atoms with Gasteiger partial charge in [-0.15, -0.1) is 0 Å². The van der Waals surface area contributed by atoms with Crippen LogP contribution in [0.5, 0.6) is 0 Å². The molecule has 6 nitrogen and oxygen atoms in total. The molecule has 0 spiro atoms. The number of aryl methyl sites for hydroxylation is 1. The van der Waals surface area contributed by atoms with Gasteiger partial charge in [-0.1, -0.05) is 18.2 Å². The second-order valence-corrected chi connectivity index (χ2v) is 5.37. The first-order chi connectivity index (χ1) is 12.1. The zero-order valence-corrected chi connectivity index (χ0v) is 13.4. The largest absolute Gasteiger partial charge is 0.345 e. The van der Waals surface area contributed by atoms with Crippen molar-refractivity contribution in [2.24, 2.45) is 0 Å². The Balaban J connectivity index is 1.91. The van der Waals surface area contributed by atoms with E-state index < -0.39 is 17.2 Å². The molecular weight excluding hydrogens is 323 g/mol. The Morgan fingerprint density at radius 3 is 2.68 bits per heavy atom. The maximum Gasteiger partial charge on any atom is 0.276 e. The molecule has 1 N–H and O–H groups in total. The predicted octanol–water partition coefficient (Wildman–Crippen LogP) is 2.01. The van der Waals surface area contributed by atoms with Gasteiger partial charge in [0, 0.05) is 18.0 Å². The van der Waals surface area contributed by atoms with Crippen molar-refractivity contribution in [2.75, 3.05) is 0 Å². The Labute approximate surface area is 143 Å². The van der Waals surface area contributed by atoms with E-state index in [-0.39, 0.29) is 17.9 Å². The van der Waals surface area contributed by atoms with Crippen molar-refractivity contribution in [2.45, 2.75) is 13.5 Å². The summed E-state index contributed by atoms with van der Waals surface area (Å²) in [5.74, 6) is -1.14. The highest BCUT2D eigenvalue weighted by Crippen LogP contribution is 2.13. The van der Waals surface area contributed by atoms with E-state index in [0.29, 0.717) is 11.4 Å². The minimum atomic E-state index is -0.638. The topological polar surface area (TPSA) is 76.9 Å². The molecule has 3 aromatic rings. The lowest BCUT2D eigenvalue weighted by molar-refractivity contribution is 0.0942. The van der Waals surface area contributed by atoms with Crippen molar-refractivity contribution in [1.82, 2.24) is 20.1 Å². The molecule has 126 valence electrons. The first kappa shape index (κ1) is 16.5. The number of carbonyl (C=O) groups is 1. The molecule has 7 heteroatoms. The Kier molecular flexibility index (Phi) is 4.65. The molecule has 1 amide bonds. The molecule has 2 heterocycles. The lowest BCUT2D eigenvalue weighted by Gasteiger charge is -2.12. The second-order valence-electron chi connectivity index (χ2n) is 5.37. The highest BCUT2D eigenvalue weighted by atomic mass is 19.1. The van der Waals surface area contributed by atoms with Crippen molar-refractivity contribution in [3.8, 4) is 5.69 Å². The molecule has 0 bridgehead atoms. The lowest BCUT2D eigenvalue weighted by atomic mass is 10.2. The SMILES string of the molecule is Cc1cc(=O)c(C(=O)NCc2ccccn2)nn1-c1ccccc1F. The quantitative estimate of drug-likeness (QED) is 0.789. The number of pyridine rings is 1. The molecule has 3 rings (SSSR count). The van der Waals surface area contributed by atoms with Gasteiger partial charge < -0.3 is 5.32 Å². The summed E-state index contributed by atoms with van der Waals surface area (Å²) in [5, 5.41) is 6.64. The average Bonchev–Trinajstić information content (AvgIpc) is 2.61. The number of hydrogen-bond donors (Lipinski definition) is 1. The van der Waals surface area contributed by atoms with Crippen molar-refractivity contribution in [1.29, 1.82) is 0 Å². The maximum atomic E-state index is 14.0. The van der Waals surface area contributed by atoms with Gasteiger partial charge in [-0.25, -0.2) is 9.07 Å². The third-order valence-corrected chi connectivity index (χ3v) is 3.56. The zero-order chi connectivity index (χ0) is 17.8. The third kappa shape index (κ3) is 3.60. The zero-order valence-electron chi connectivity index (χ0n) is 13.4.